The van der Waals surface area contributed by atoms with Crippen LogP contribution >= 0.6 is 0 Å². The number of hydrogen-bond donors (Lipinski definition) is 1. The fourth-order valence-corrected chi connectivity index (χ4v) is 0.754. The van der Waals surface area contributed by atoms with Crippen molar-refractivity contribution in [3.05, 3.63) is 0 Å². The second-order valence-corrected chi connectivity index (χ2v) is 3.19. The van der Waals surface area contributed by atoms with Crippen molar-refractivity contribution in [2.75, 3.05) is 20.2 Å². The predicted octanol–water partition coefficient (Wildman–Crippen LogP) is 1.56. The molecule has 0 radical (unpaired) electrons. The number of likely N-dealkylation sites (N-methyl/N-ethyl adjacent to an activating group) is 1. The summed E-state index contributed by atoms with van der Waals surface area (Å²) < 4.78 is 39.7. The van der Waals surface area contributed by atoms with Gasteiger partial charge < -0.3 is 10.1 Å². The highest BCUT2D eigenvalue weighted by Crippen LogP contribution is 2.18. The van der Waals surface area contributed by atoms with Crippen LogP contribution in [0, 0.1) is 0 Å². The number of rotatable bonds is 4. The van der Waals surface area contributed by atoms with Crippen LogP contribution in [0.3, 0.4) is 0 Å². The van der Waals surface area contributed by atoms with E-state index in [9.17, 15) is 13.2 Å². The van der Waals surface area contributed by atoms with Gasteiger partial charge in [0.2, 0.25) is 0 Å². The Morgan fingerprint density at radius 1 is 1.25 bits per heavy atom. The Hall–Kier alpha value is -0.290. The van der Waals surface area contributed by atoms with Crippen LogP contribution in [0.25, 0.3) is 0 Å². The lowest BCUT2D eigenvalue weighted by Gasteiger charge is -2.25. The summed E-state index contributed by atoms with van der Waals surface area (Å²) in [5.74, 6) is 0. The van der Waals surface area contributed by atoms with Gasteiger partial charge in [0.15, 0.2) is 0 Å². The average molecular weight is 185 g/mol. The molecule has 0 spiro atoms. The smallest absolute Gasteiger partial charge is 0.365 e. The number of halogens is 3. The largest absolute Gasteiger partial charge is 0.411 e. The molecule has 0 aliphatic heterocycles. The lowest BCUT2D eigenvalue weighted by molar-refractivity contribution is -0.198. The minimum absolute atomic E-state index is 0.392. The Morgan fingerprint density at radius 2 is 1.75 bits per heavy atom. The van der Waals surface area contributed by atoms with Gasteiger partial charge in [0, 0.05) is 6.54 Å². The molecule has 0 aromatic rings. The van der Waals surface area contributed by atoms with Gasteiger partial charge in [-0.05, 0) is 20.9 Å². The molecular formula is C7H14F3NO. The van der Waals surface area contributed by atoms with E-state index in [4.69, 9.17) is 0 Å². The van der Waals surface area contributed by atoms with E-state index in [1.54, 1.807) is 20.9 Å². The monoisotopic (exact) mass is 185 g/mol. The van der Waals surface area contributed by atoms with Crippen LogP contribution in [0.2, 0.25) is 0 Å². The van der Waals surface area contributed by atoms with Crippen LogP contribution in [0.1, 0.15) is 13.8 Å². The van der Waals surface area contributed by atoms with Gasteiger partial charge in [0.25, 0.3) is 0 Å². The third kappa shape index (κ3) is 6.42. The highest BCUT2D eigenvalue weighted by Gasteiger charge is 2.31. The van der Waals surface area contributed by atoms with Crippen molar-refractivity contribution >= 4 is 0 Å². The zero-order valence-corrected chi connectivity index (χ0v) is 7.46. The first-order valence-corrected chi connectivity index (χ1v) is 3.62. The van der Waals surface area contributed by atoms with Gasteiger partial charge in [0.1, 0.15) is 6.61 Å². The third-order valence-corrected chi connectivity index (χ3v) is 1.23. The van der Waals surface area contributed by atoms with E-state index in [2.05, 4.69) is 10.1 Å². The fraction of sp³-hybridized carbons (Fsp3) is 1.00. The molecule has 12 heavy (non-hydrogen) atoms. The maximum atomic E-state index is 11.7. The Labute approximate surface area is 70.1 Å². The van der Waals surface area contributed by atoms with Crippen molar-refractivity contribution in [3.8, 4) is 0 Å². The molecule has 1 N–H and O–H groups in total. The van der Waals surface area contributed by atoms with Crippen LogP contribution in [0.5, 0.6) is 0 Å². The Morgan fingerprint density at radius 3 is 2.08 bits per heavy atom. The molecule has 0 amide bonds. The van der Waals surface area contributed by atoms with Crippen molar-refractivity contribution in [1.82, 2.24) is 5.32 Å². The van der Waals surface area contributed by atoms with E-state index in [0.29, 0.717) is 6.54 Å². The van der Waals surface area contributed by atoms with Gasteiger partial charge in [-0.3, -0.25) is 0 Å². The van der Waals surface area contributed by atoms with Crippen molar-refractivity contribution in [2.45, 2.75) is 25.6 Å². The van der Waals surface area contributed by atoms with Crippen molar-refractivity contribution in [1.29, 1.82) is 0 Å². The summed E-state index contributed by atoms with van der Waals surface area (Å²) in [6, 6.07) is 0. The molecule has 0 rings (SSSR count). The summed E-state index contributed by atoms with van der Waals surface area (Å²) >= 11 is 0. The van der Waals surface area contributed by atoms with Crippen molar-refractivity contribution in [3.63, 3.8) is 0 Å². The summed E-state index contributed by atoms with van der Waals surface area (Å²) in [5, 5.41) is 2.75. The van der Waals surface area contributed by atoms with E-state index in [-0.39, 0.29) is 0 Å². The zero-order chi connectivity index (χ0) is 9.83. The first kappa shape index (κ1) is 11.7. The van der Waals surface area contributed by atoms with Crippen molar-refractivity contribution in [2.24, 2.45) is 0 Å². The summed E-state index contributed by atoms with van der Waals surface area (Å²) in [7, 11) is 1.67. The van der Waals surface area contributed by atoms with Gasteiger partial charge in [0.05, 0.1) is 5.60 Å². The maximum absolute atomic E-state index is 11.7. The molecule has 0 fully saturated rings. The fourth-order valence-electron chi connectivity index (χ4n) is 0.754. The number of alkyl halides is 3. The van der Waals surface area contributed by atoms with Gasteiger partial charge >= 0.3 is 6.18 Å². The third-order valence-electron chi connectivity index (χ3n) is 1.23. The molecule has 2 nitrogen and oxygen atoms in total. The quantitative estimate of drug-likeness (QED) is 0.717. The Balaban J connectivity index is 3.75. The molecule has 0 aliphatic rings. The Bertz CT molecular complexity index is 133. The lowest BCUT2D eigenvalue weighted by Crippen LogP contribution is -2.38. The van der Waals surface area contributed by atoms with Gasteiger partial charge in [-0.1, -0.05) is 0 Å². The average Bonchev–Trinajstić information content (AvgIpc) is 1.83. The van der Waals surface area contributed by atoms with E-state index in [1.165, 1.54) is 0 Å². The van der Waals surface area contributed by atoms with E-state index < -0.39 is 18.4 Å². The molecule has 0 aromatic heterocycles. The molecular weight excluding hydrogens is 171 g/mol. The van der Waals surface area contributed by atoms with E-state index >= 15 is 0 Å². The SMILES string of the molecule is CNCC(C)(C)OCC(F)(F)F. The molecule has 0 saturated heterocycles. The van der Waals surface area contributed by atoms with Gasteiger partial charge in [-0.2, -0.15) is 13.2 Å². The van der Waals surface area contributed by atoms with E-state index in [0.717, 1.165) is 0 Å². The van der Waals surface area contributed by atoms with Crippen LogP contribution in [-0.4, -0.2) is 32.0 Å². The highest BCUT2D eigenvalue weighted by atomic mass is 19.4. The first-order valence-electron chi connectivity index (χ1n) is 3.62. The standard InChI is InChI=1S/C7H14F3NO/c1-6(2,4-11-3)12-5-7(8,9)10/h11H,4-5H2,1-3H3. The summed E-state index contributed by atoms with van der Waals surface area (Å²) in [4.78, 5) is 0. The van der Waals surface area contributed by atoms with Gasteiger partial charge in [-0.25, -0.2) is 0 Å². The van der Waals surface area contributed by atoms with Crippen molar-refractivity contribution < 1.29 is 17.9 Å². The molecule has 5 heteroatoms. The Kier molecular flexibility index (Phi) is 3.99. The highest BCUT2D eigenvalue weighted by molar-refractivity contribution is 4.71. The van der Waals surface area contributed by atoms with Crippen LogP contribution in [0.4, 0.5) is 13.2 Å². The normalized spacial score (nSPS) is 13.5. The number of ether oxygens (including phenoxy) is 1. The van der Waals surface area contributed by atoms with E-state index in [1.807, 2.05) is 0 Å². The number of nitrogens with one attached hydrogen (secondary N) is 1. The van der Waals surface area contributed by atoms with Crippen LogP contribution in [0.15, 0.2) is 0 Å². The topological polar surface area (TPSA) is 21.3 Å². The minimum atomic E-state index is -4.25. The summed E-state index contributed by atoms with van der Waals surface area (Å²) in [5.41, 5.74) is -0.774. The maximum Gasteiger partial charge on any atom is 0.411 e. The second kappa shape index (κ2) is 4.09. The lowest BCUT2D eigenvalue weighted by atomic mass is 10.1. The summed E-state index contributed by atoms with van der Waals surface area (Å²) in [6.45, 7) is 2.41. The van der Waals surface area contributed by atoms with Crippen LogP contribution in [-0.2, 0) is 4.74 Å². The molecule has 0 aromatic carbocycles. The molecule has 0 unspecified atom stereocenters. The second-order valence-electron chi connectivity index (χ2n) is 3.19. The molecule has 0 atom stereocenters. The van der Waals surface area contributed by atoms with Gasteiger partial charge in [-0.15, -0.1) is 0 Å². The van der Waals surface area contributed by atoms with Crippen LogP contribution < -0.4 is 5.32 Å². The first-order chi connectivity index (χ1) is 5.27. The molecule has 0 heterocycles. The minimum Gasteiger partial charge on any atom is -0.365 e. The predicted molar refractivity (Wildman–Crippen MR) is 40.0 cm³/mol. The molecule has 0 aliphatic carbocycles. The zero-order valence-electron chi connectivity index (χ0n) is 7.46. The summed E-state index contributed by atoms with van der Waals surface area (Å²) in [6.07, 6.45) is -4.25. The molecule has 0 bridgehead atoms. The molecule has 0 saturated carbocycles. The molecule has 74 valence electrons. The number of hydrogen-bond acceptors (Lipinski definition) is 2.